The van der Waals surface area contributed by atoms with E-state index in [9.17, 15) is 13.2 Å². The zero-order chi connectivity index (χ0) is 17.6. The Labute approximate surface area is 146 Å². The minimum atomic E-state index is -3.82. The van der Waals surface area contributed by atoms with Crippen molar-refractivity contribution in [2.75, 3.05) is 10.8 Å². The number of hydrogen-bond donors (Lipinski definition) is 1. The maximum Gasteiger partial charge on any atom is 0.264 e. The largest absolute Gasteiger partial charge is 0.476 e. The molecule has 6 nitrogen and oxygen atoms in total. The van der Waals surface area contributed by atoms with Crippen molar-refractivity contribution in [1.82, 2.24) is 0 Å². The minimum absolute atomic E-state index is 0.133. The number of carbonyl (C=O) groups excluding carboxylic acids is 1. The zero-order valence-electron chi connectivity index (χ0n) is 13.5. The maximum atomic E-state index is 13.2. The summed E-state index contributed by atoms with van der Waals surface area (Å²) < 4.78 is 33.2. The first-order valence-electron chi connectivity index (χ1n) is 8.16. The molecule has 2 aromatic carbocycles. The highest BCUT2D eigenvalue weighted by Crippen LogP contribution is 2.37. The third kappa shape index (κ3) is 2.64. The second-order valence-corrected chi connectivity index (χ2v) is 8.16. The molecule has 1 aliphatic heterocycles. The summed E-state index contributed by atoms with van der Waals surface area (Å²) in [5.74, 6) is -0.356. The third-order valence-electron chi connectivity index (χ3n) is 4.71. The first-order chi connectivity index (χ1) is 12.0. The Balaban J connectivity index is 1.80. The molecule has 25 heavy (non-hydrogen) atoms. The van der Waals surface area contributed by atoms with E-state index >= 15 is 0 Å². The lowest BCUT2D eigenvalue weighted by Gasteiger charge is -2.34. The number of sulfonamides is 1. The van der Waals surface area contributed by atoms with Crippen molar-refractivity contribution < 1.29 is 17.9 Å². The van der Waals surface area contributed by atoms with Crippen molar-refractivity contribution in [2.45, 2.75) is 30.3 Å². The summed E-state index contributed by atoms with van der Waals surface area (Å²) in [5, 5.41) is 0. The number of fused-ring (bicyclic) bond motifs is 2. The highest BCUT2D eigenvalue weighted by Gasteiger charge is 2.36. The maximum absolute atomic E-state index is 13.2. The fraction of sp³-hybridized carbons (Fsp3) is 0.278. The summed E-state index contributed by atoms with van der Waals surface area (Å²) in [4.78, 5) is 11.8. The van der Waals surface area contributed by atoms with Gasteiger partial charge in [0.2, 0.25) is 0 Å². The lowest BCUT2D eigenvalue weighted by molar-refractivity contribution is -0.124. The lowest BCUT2D eigenvalue weighted by atomic mass is 10.1. The number of primary amides is 1. The second-order valence-electron chi connectivity index (χ2n) is 6.30. The van der Waals surface area contributed by atoms with Gasteiger partial charge in [-0.15, -0.1) is 0 Å². The fourth-order valence-electron chi connectivity index (χ4n) is 3.41. The molecule has 1 atom stereocenters. The van der Waals surface area contributed by atoms with Crippen LogP contribution in [0.4, 0.5) is 5.69 Å². The average molecular weight is 358 g/mol. The summed E-state index contributed by atoms with van der Waals surface area (Å²) in [7, 11) is -3.82. The van der Waals surface area contributed by atoms with Gasteiger partial charge in [-0.2, -0.15) is 0 Å². The van der Waals surface area contributed by atoms with Crippen molar-refractivity contribution >= 4 is 21.6 Å². The molecule has 4 rings (SSSR count). The Morgan fingerprint density at radius 3 is 2.68 bits per heavy atom. The van der Waals surface area contributed by atoms with E-state index in [-0.39, 0.29) is 11.4 Å². The number of nitrogens with two attached hydrogens (primary N) is 1. The molecule has 2 N–H and O–H groups in total. The summed E-state index contributed by atoms with van der Waals surface area (Å²) in [6, 6.07) is 12.0. The highest BCUT2D eigenvalue weighted by atomic mass is 32.2. The standard InChI is InChI=1S/C18H18N2O4S/c19-18(21)17-11-20(15-6-1-2-7-16(15)24-17)25(22,23)14-9-8-12-4-3-5-13(12)10-14/h1-2,6-10,17H,3-5,11H2,(H2,19,21)/t17-/m1/s1. The Morgan fingerprint density at radius 1 is 1.12 bits per heavy atom. The quantitative estimate of drug-likeness (QED) is 0.903. The number of para-hydroxylation sites is 2. The smallest absolute Gasteiger partial charge is 0.264 e. The second kappa shape index (κ2) is 5.77. The summed E-state index contributed by atoms with van der Waals surface area (Å²) in [5.41, 5.74) is 8.06. The van der Waals surface area contributed by atoms with Gasteiger partial charge in [0.15, 0.2) is 6.10 Å². The van der Waals surface area contributed by atoms with Crippen molar-refractivity contribution in [2.24, 2.45) is 5.73 Å². The molecule has 1 heterocycles. The van der Waals surface area contributed by atoms with Gasteiger partial charge in [-0.1, -0.05) is 18.2 Å². The van der Waals surface area contributed by atoms with Crippen LogP contribution in [0.3, 0.4) is 0 Å². The number of rotatable bonds is 3. The molecule has 0 bridgehead atoms. The summed E-state index contributed by atoms with van der Waals surface area (Å²) in [6.45, 7) is -0.133. The van der Waals surface area contributed by atoms with Gasteiger partial charge in [0, 0.05) is 0 Å². The molecule has 2 aromatic rings. The topological polar surface area (TPSA) is 89.7 Å². The first kappa shape index (κ1) is 16.0. The molecule has 0 fully saturated rings. The molecule has 2 aliphatic rings. The van der Waals surface area contributed by atoms with Gasteiger partial charge in [-0.3, -0.25) is 9.10 Å². The summed E-state index contributed by atoms with van der Waals surface area (Å²) >= 11 is 0. The normalized spacial score (nSPS) is 19.0. The van der Waals surface area contributed by atoms with E-state index in [1.165, 1.54) is 9.87 Å². The van der Waals surface area contributed by atoms with Gasteiger partial charge < -0.3 is 10.5 Å². The number of hydrogen-bond acceptors (Lipinski definition) is 4. The molecule has 1 aliphatic carbocycles. The number of carbonyl (C=O) groups is 1. The molecule has 0 spiro atoms. The number of amides is 1. The van der Waals surface area contributed by atoms with E-state index in [4.69, 9.17) is 10.5 Å². The fourth-order valence-corrected chi connectivity index (χ4v) is 4.94. The Morgan fingerprint density at radius 2 is 1.88 bits per heavy atom. The molecular weight excluding hydrogens is 340 g/mol. The molecular formula is C18H18N2O4S. The number of anilines is 1. The predicted molar refractivity (Wildman–Crippen MR) is 93.1 cm³/mol. The van der Waals surface area contributed by atoms with Crippen molar-refractivity contribution in [3.05, 3.63) is 53.6 Å². The van der Waals surface area contributed by atoms with Crippen LogP contribution in [0, 0.1) is 0 Å². The molecule has 0 radical (unpaired) electrons. The van der Waals surface area contributed by atoms with E-state index in [0.717, 1.165) is 24.8 Å². The van der Waals surface area contributed by atoms with Crippen LogP contribution in [0.2, 0.25) is 0 Å². The molecule has 0 aromatic heterocycles. The van der Waals surface area contributed by atoms with Gasteiger partial charge in [-0.25, -0.2) is 8.42 Å². The highest BCUT2D eigenvalue weighted by molar-refractivity contribution is 7.92. The number of nitrogens with zero attached hydrogens (tertiary/aromatic N) is 1. The van der Waals surface area contributed by atoms with Gasteiger partial charge in [-0.05, 0) is 54.7 Å². The first-order valence-corrected chi connectivity index (χ1v) is 9.60. The van der Waals surface area contributed by atoms with Crippen LogP contribution in [0.25, 0.3) is 0 Å². The molecule has 0 unspecified atom stereocenters. The van der Waals surface area contributed by atoms with Crippen LogP contribution in [-0.4, -0.2) is 27.0 Å². The minimum Gasteiger partial charge on any atom is -0.476 e. The molecule has 1 amide bonds. The predicted octanol–water partition coefficient (Wildman–Crippen LogP) is 1.62. The lowest BCUT2D eigenvalue weighted by Crippen LogP contribution is -2.49. The van der Waals surface area contributed by atoms with Gasteiger partial charge >= 0.3 is 0 Å². The Bertz CT molecular complexity index is 955. The average Bonchev–Trinajstić information content (AvgIpc) is 3.08. The zero-order valence-corrected chi connectivity index (χ0v) is 14.3. The van der Waals surface area contributed by atoms with Gasteiger partial charge in [0.05, 0.1) is 17.1 Å². The van der Waals surface area contributed by atoms with E-state index in [2.05, 4.69) is 0 Å². The van der Waals surface area contributed by atoms with Gasteiger partial charge in [0.25, 0.3) is 15.9 Å². The SMILES string of the molecule is NC(=O)[C@H]1CN(S(=O)(=O)c2ccc3c(c2)CCC3)c2ccccc2O1. The monoisotopic (exact) mass is 358 g/mol. The van der Waals surface area contributed by atoms with Crippen LogP contribution in [-0.2, 0) is 27.7 Å². The van der Waals surface area contributed by atoms with E-state index in [0.29, 0.717) is 11.4 Å². The van der Waals surface area contributed by atoms with Crippen LogP contribution < -0.4 is 14.8 Å². The van der Waals surface area contributed by atoms with Crippen molar-refractivity contribution in [3.8, 4) is 5.75 Å². The Hall–Kier alpha value is -2.54. The molecule has 0 saturated heterocycles. The molecule has 7 heteroatoms. The number of benzene rings is 2. The van der Waals surface area contributed by atoms with Crippen LogP contribution in [0.5, 0.6) is 5.75 Å². The van der Waals surface area contributed by atoms with Gasteiger partial charge in [0.1, 0.15) is 5.75 Å². The number of ether oxygens (including phenoxy) is 1. The Kier molecular flexibility index (Phi) is 3.68. The summed E-state index contributed by atoms with van der Waals surface area (Å²) in [6.07, 6.45) is 1.91. The van der Waals surface area contributed by atoms with Crippen LogP contribution in [0.1, 0.15) is 17.5 Å². The molecule has 0 saturated carbocycles. The van der Waals surface area contributed by atoms with E-state index in [1.807, 2.05) is 6.07 Å². The van der Waals surface area contributed by atoms with Crippen LogP contribution >= 0.6 is 0 Å². The van der Waals surface area contributed by atoms with E-state index < -0.39 is 22.0 Å². The third-order valence-corrected chi connectivity index (χ3v) is 6.49. The van der Waals surface area contributed by atoms with Crippen LogP contribution in [0.15, 0.2) is 47.4 Å². The number of aryl methyl sites for hydroxylation is 2. The van der Waals surface area contributed by atoms with Crippen molar-refractivity contribution in [3.63, 3.8) is 0 Å². The van der Waals surface area contributed by atoms with Crippen molar-refractivity contribution in [1.29, 1.82) is 0 Å². The van der Waals surface area contributed by atoms with E-state index in [1.54, 1.807) is 36.4 Å². The molecule has 130 valence electrons.